The van der Waals surface area contributed by atoms with E-state index in [0.29, 0.717) is 25.4 Å². The number of morpholine rings is 1. The predicted octanol–water partition coefficient (Wildman–Crippen LogP) is 0.682. The van der Waals surface area contributed by atoms with E-state index in [1.54, 1.807) is 12.1 Å². The van der Waals surface area contributed by atoms with Crippen molar-refractivity contribution in [1.29, 1.82) is 10.5 Å². The summed E-state index contributed by atoms with van der Waals surface area (Å²) in [7, 11) is 0. The first-order chi connectivity index (χ1) is 7.83. The summed E-state index contributed by atoms with van der Waals surface area (Å²) in [6.07, 6.45) is -0.415. The Labute approximate surface area is 93.5 Å². The molecule has 1 aliphatic rings. The number of hydrogen-bond acceptors (Lipinski definition) is 5. The van der Waals surface area contributed by atoms with Crippen LogP contribution in [0.5, 0.6) is 0 Å². The van der Waals surface area contributed by atoms with Gasteiger partial charge in [0.05, 0.1) is 19.2 Å². The van der Waals surface area contributed by atoms with Crippen LogP contribution in [0.25, 0.3) is 0 Å². The van der Waals surface area contributed by atoms with E-state index in [2.05, 4.69) is 11.1 Å². The van der Waals surface area contributed by atoms with Crippen molar-refractivity contribution in [2.75, 3.05) is 24.6 Å². The first kappa shape index (κ1) is 10.4. The van der Waals surface area contributed by atoms with E-state index in [4.69, 9.17) is 15.3 Å². The Morgan fingerprint density at radius 3 is 3.06 bits per heavy atom. The van der Waals surface area contributed by atoms with E-state index in [1.807, 2.05) is 17.0 Å². The van der Waals surface area contributed by atoms with Gasteiger partial charge in [-0.2, -0.15) is 10.5 Å². The molecule has 5 heteroatoms. The first-order valence-electron chi connectivity index (χ1n) is 4.97. The zero-order valence-electron chi connectivity index (χ0n) is 8.63. The average Bonchev–Trinajstić information content (AvgIpc) is 2.39. The van der Waals surface area contributed by atoms with Gasteiger partial charge >= 0.3 is 0 Å². The minimum absolute atomic E-state index is 0.387. The standard InChI is InChI=1S/C11H10N4O/c12-6-9-2-1-3-11(14-9)15-4-5-16-10(7-13)8-15/h1-3,10H,4-5,8H2. The topological polar surface area (TPSA) is 72.9 Å². The van der Waals surface area contributed by atoms with Gasteiger partial charge in [0.25, 0.3) is 0 Å². The van der Waals surface area contributed by atoms with Crippen LogP contribution in [0.4, 0.5) is 5.82 Å². The maximum absolute atomic E-state index is 8.78. The lowest BCUT2D eigenvalue weighted by atomic mass is 10.3. The number of rotatable bonds is 1. The van der Waals surface area contributed by atoms with Crippen LogP contribution in [0.1, 0.15) is 5.69 Å². The van der Waals surface area contributed by atoms with Crippen LogP contribution in [0.15, 0.2) is 18.2 Å². The molecule has 1 fully saturated rings. The highest BCUT2D eigenvalue weighted by Crippen LogP contribution is 2.15. The summed E-state index contributed by atoms with van der Waals surface area (Å²) in [5, 5.41) is 17.5. The Morgan fingerprint density at radius 2 is 2.31 bits per heavy atom. The second kappa shape index (κ2) is 4.61. The molecule has 1 aromatic rings. The van der Waals surface area contributed by atoms with Gasteiger partial charge in [0.2, 0.25) is 0 Å². The number of nitriles is 2. The number of aromatic nitrogens is 1. The quantitative estimate of drug-likeness (QED) is 0.687. The lowest BCUT2D eigenvalue weighted by molar-refractivity contribution is 0.0761. The summed E-state index contributed by atoms with van der Waals surface area (Å²) in [6.45, 7) is 1.70. The molecule has 1 aromatic heterocycles. The van der Waals surface area contributed by atoms with E-state index in [-0.39, 0.29) is 0 Å². The van der Waals surface area contributed by atoms with Gasteiger partial charge in [-0.1, -0.05) is 6.07 Å². The molecule has 1 unspecified atom stereocenters. The van der Waals surface area contributed by atoms with Gasteiger partial charge < -0.3 is 9.64 Å². The third-order valence-corrected chi connectivity index (χ3v) is 2.38. The maximum atomic E-state index is 8.78. The number of anilines is 1. The normalized spacial score (nSPS) is 19.9. The molecule has 1 saturated heterocycles. The Morgan fingerprint density at radius 1 is 1.44 bits per heavy atom. The van der Waals surface area contributed by atoms with Gasteiger partial charge in [-0.25, -0.2) is 4.98 Å². The van der Waals surface area contributed by atoms with Gasteiger partial charge in [0.1, 0.15) is 17.6 Å². The lowest BCUT2D eigenvalue weighted by Crippen LogP contribution is -2.42. The highest BCUT2D eigenvalue weighted by atomic mass is 16.5. The number of pyridine rings is 1. The third kappa shape index (κ3) is 2.10. The molecule has 1 atom stereocenters. The van der Waals surface area contributed by atoms with Gasteiger partial charge in [-0.05, 0) is 12.1 Å². The Bertz CT molecular complexity index is 460. The Kier molecular flexibility index (Phi) is 3.00. The summed E-state index contributed by atoms with van der Waals surface area (Å²) < 4.78 is 5.24. The van der Waals surface area contributed by atoms with Crippen molar-refractivity contribution in [3.8, 4) is 12.1 Å². The van der Waals surface area contributed by atoms with Crippen molar-refractivity contribution in [3.63, 3.8) is 0 Å². The zero-order valence-corrected chi connectivity index (χ0v) is 8.63. The van der Waals surface area contributed by atoms with Gasteiger partial charge in [-0.15, -0.1) is 0 Å². The van der Waals surface area contributed by atoms with Crippen molar-refractivity contribution < 1.29 is 4.74 Å². The summed E-state index contributed by atoms with van der Waals surface area (Å²) in [5.74, 6) is 0.725. The molecule has 80 valence electrons. The van der Waals surface area contributed by atoms with Gasteiger partial charge in [0, 0.05) is 6.54 Å². The highest BCUT2D eigenvalue weighted by molar-refractivity contribution is 5.42. The molecule has 0 amide bonds. The molecule has 0 spiro atoms. The number of nitrogens with zero attached hydrogens (tertiary/aromatic N) is 4. The second-order valence-corrected chi connectivity index (χ2v) is 3.43. The smallest absolute Gasteiger partial charge is 0.161 e. The lowest BCUT2D eigenvalue weighted by Gasteiger charge is -2.30. The minimum atomic E-state index is -0.415. The number of hydrogen-bond donors (Lipinski definition) is 0. The molecule has 0 N–H and O–H groups in total. The molecule has 5 nitrogen and oxygen atoms in total. The molecular weight excluding hydrogens is 204 g/mol. The van der Waals surface area contributed by atoms with Crippen molar-refractivity contribution in [2.45, 2.75) is 6.10 Å². The van der Waals surface area contributed by atoms with Gasteiger partial charge in [0.15, 0.2) is 6.10 Å². The Balaban J connectivity index is 2.18. The summed E-state index contributed by atoms with van der Waals surface area (Å²) in [4.78, 5) is 6.14. The highest BCUT2D eigenvalue weighted by Gasteiger charge is 2.20. The van der Waals surface area contributed by atoms with E-state index in [1.165, 1.54) is 0 Å². The predicted molar refractivity (Wildman–Crippen MR) is 56.5 cm³/mol. The van der Waals surface area contributed by atoms with Crippen LogP contribution in [-0.2, 0) is 4.74 Å². The van der Waals surface area contributed by atoms with E-state index >= 15 is 0 Å². The minimum Gasteiger partial charge on any atom is -0.360 e. The summed E-state index contributed by atoms with van der Waals surface area (Å²) in [5.41, 5.74) is 0.387. The maximum Gasteiger partial charge on any atom is 0.161 e. The average molecular weight is 214 g/mol. The molecule has 1 aliphatic heterocycles. The monoisotopic (exact) mass is 214 g/mol. The van der Waals surface area contributed by atoms with Crippen LogP contribution in [0, 0.1) is 22.7 Å². The first-order valence-corrected chi connectivity index (χ1v) is 4.97. The van der Waals surface area contributed by atoms with Crippen LogP contribution in [0.2, 0.25) is 0 Å². The van der Waals surface area contributed by atoms with Gasteiger partial charge in [-0.3, -0.25) is 0 Å². The van der Waals surface area contributed by atoms with Crippen molar-refractivity contribution in [1.82, 2.24) is 4.98 Å². The molecule has 2 heterocycles. The largest absolute Gasteiger partial charge is 0.360 e. The molecule has 0 radical (unpaired) electrons. The fourth-order valence-electron chi connectivity index (χ4n) is 1.60. The summed E-state index contributed by atoms with van der Waals surface area (Å²) in [6, 6.07) is 9.35. The van der Waals surface area contributed by atoms with Crippen molar-refractivity contribution in [3.05, 3.63) is 23.9 Å². The van der Waals surface area contributed by atoms with Crippen LogP contribution in [-0.4, -0.2) is 30.8 Å². The molecular formula is C11H10N4O. The fourth-order valence-corrected chi connectivity index (χ4v) is 1.60. The Hall–Kier alpha value is -2.11. The molecule has 2 rings (SSSR count). The van der Waals surface area contributed by atoms with E-state index in [0.717, 1.165) is 5.82 Å². The van der Waals surface area contributed by atoms with Crippen LogP contribution >= 0.6 is 0 Å². The second-order valence-electron chi connectivity index (χ2n) is 3.43. The molecule has 16 heavy (non-hydrogen) atoms. The molecule has 0 aromatic carbocycles. The molecule has 0 saturated carbocycles. The summed E-state index contributed by atoms with van der Waals surface area (Å²) >= 11 is 0. The van der Waals surface area contributed by atoms with Crippen molar-refractivity contribution >= 4 is 5.82 Å². The fraction of sp³-hybridized carbons (Fsp3) is 0.364. The number of ether oxygens (including phenoxy) is 1. The third-order valence-electron chi connectivity index (χ3n) is 2.38. The molecule has 0 bridgehead atoms. The van der Waals surface area contributed by atoms with Crippen molar-refractivity contribution in [2.24, 2.45) is 0 Å². The SMILES string of the molecule is N#Cc1cccc(N2CCOC(C#N)C2)n1. The molecule has 0 aliphatic carbocycles. The zero-order chi connectivity index (χ0) is 11.4. The van der Waals surface area contributed by atoms with E-state index in [9.17, 15) is 0 Å². The van der Waals surface area contributed by atoms with Crippen LogP contribution < -0.4 is 4.90 Å². The van der Waals surface area contributed by atoms with Crippen LogP contribution in [0.3, 0.4) is 0 Å². The van der Waals surface area contributed by atoms with E-state index < -0.39 is 6.10 Å².